The minimum atomic E-state index is -0.305. The summed E-state index contributed by atoms with van der Waals surface area (Å²) in [6.45, 7) is 3.90. The fourth-order valence-corrected chi connectivity index (χ4v) is 2.19. The molecule has 5 nitrogen and oxygen atoms in total. The Bertz CT molecular complexity index is 660. The standard InChI is InChI=1S/C18H21NO4/c1-12(2)23-14-8-5-7-13(11-14)19-18(20)17-15(21-3)9-6-10-16(17)22-4/h5-12H,1-4H3,(H,19,20). The van der Waals surface area contributed by atoms with Gasteiger partial charge >= 0.3 is 0 Å². The highest BCUT2D eigenvalue weighted by Gasteiger charge is 2.18. The predicted octanol–water partition coefficient (Wildman–Crippen LogP) is 3.74. The number of ether oxygens (including phenoxy) is 3. The Labute approximate surface area is 136 Å². The average molecular weight is 315 g/mol. The fraction of sp³-hybridized carbons (Fsp3) is 0.278. The molecule has 2 aromatic rings. The van der Waals surface area contributed by atoms with Crippen molar-refractivity contribution in [3.8, 4) is 17.2 Å². The van der Waals surface area contributed by atoms with E-state index in [1.54, 1.807) is 30.3 Å². The lowest BCUT2D eigenvalue weighted by molar-refractivity contribution is 0.102. The van der Waals surface area contributed by atoms with Crippen molar-refractivity contribution in [1.29, 1.82) is 0 Å². The lowest BCUT2D eigenvalue weighted by Gasteiger charge is -2.14. The average Bonchev–Trinajstić information content (AvgIpc) is 2.53. The van der Waals surface area contributed by atoms with Gasteiger partial charge in [-0.15, -0.1) is 0 Å². The topological polar surface area (TPSA) is 56.8 Å². The van der Waals surface area contributed by atoms with Crippen LogP contribution in [0.3, 0.4) is 0 Å². The first-order valence-electron chi connectivity index (χ1n) is 7.34. The van der Waals surface area contributed by atoms with Gasteiger partial charge in [-0.05, 0) is 38.1 Å². The van der Waals surface area contributed by atoms with Gasteiger partial charge < -0.3 is 19.5 Å². The van der Waals surface area contributed by atoms with Crippen LogP contribution in [0, 0.1) is 0 Å². The molecule has 0 radical (unpaired) electrons. The first-order valence-corrected chi connectivity index (χ1v) is 7.34. The highest BCUT2D eigenvalue weighted by Crippen LogP contribution is 2.29. The van der Waals surface area contributed by atoms with Gasteiger partial charge in [0, 0.05) is 11.8 Å². The summed E-state index contributed by atoms with van der Waals surface area (Å²) in [5.74, 6) is 1.30. The second-order valence-corrected chi connectivity index (χ2v) is 5.19. The molecule has 23 heavy (non-hydrogen) atoms. The van der Waals surface area contributed by atoms with Gasteiger partial charge in [-0.3, -0.25) is 4.79 Å². The number of hydrogen-bond donors (Lipinski definition) is 1. The third kappa shape index (κ3) is 4.16. The maximum absolute atomic E-state index is 12.6. The van der Waals surface area contributed by atoms with Gasteiger partial charge in [-0.25, -0.2) is 0 Å². The Hall–Kier alpha value is -2.69. The molecule has 0 fully saturated rings. The molecule has 0 spiro atoms. The highest BCUT2D eigenvalue weighted by atomic mass is 16.5. The summed E-state index contributed by atoms with van der Waals surface area (Å²) in [6, 6.07) is 12.5. The number of carbonyl (C=O) groups excluding carboxylic acids is 1. The Morgan fingerprint density at radius 2 is 1.61 bits per heavy atom. The van der Waals surface area contributed by atoms with Crippen molar-refractivity contribution in [2.75, 3.05) is 19.5 Å². The molecular formula is C18H21NO4. The Morgan fingerprint density at radius 3 is 2.17 bits per heavy atom. The molecule has 5 heteroatoms. The summed E-state index contributed by atoms with van der Waals surface area (Å²) in [6.07, 6.45) is 0.0651. The van der Waals surface area contributed by atoms with E-state index in [0.717, 1.165) is 0 Å². The lowest BCUT2D eigenvalue weighted by Crippen LogP contribution is -2.15. The van der Waals surface area contributed by atoms with Crippen LogP contribution in [0.25, 0.3) is 0 Å². The molecule has 2 rings (SSSR count). The number of benzene rings is 2. The minimum absolute atomic E-state index is 0.0651. The molecule has 0 saturated carbocycles. The number of amides is 1. The molecule has 0 saturated heterocycles. The van der Waals surface area contributed by atoms with Gasteiger partial charge in [0.05, 0.1) is 20.3 Å². The molecule has 0 aliphatic carbocycles. The summed E-state index contributed by atoms with van der Waals surface area (Å²) in [5.41, 5.74) is 0.994. The zero-order valence-electron chi connectivity index (χ0n) is 13.8. The van der Waals surface area contributed by atoms with E-state index in [9.17, 15) is 4.79 Å². The third-order valence-corrected chi connectivity index (χ3v) is 3.12. The molecule has 122 valence electrons. The van der Waals surface area contributed by atoms with E-state index in [1.807, 2.05) is 26.0 Å². The number of nitrogens with one attached hydrogen (secondary N) is 1. The summed E-state index contributed by atoms with van der Waals surface area (Å²) >= 11 is 0. The van der Waals surface area contributed by atoms with Crippen LogP contribution in [0.2, 0.25) is 0 Å². The van der Waals surface area contributed by atoms with Crippen LogP contribution in [0.15, 0.2) is 42.5 Å². The van der Waals surface area contributed by atoms with Crippen molar-refractivity contribution in [2.45, 2.75) is 20.0 Å². The normalized spacial score (nSPS) is 10.3. The van der Waals surface area contributed by atoms with Gasteiger partial charge in [0.15, 0.2) is 0 Å². The van der Waals surface area contributed by atoms with Crippen molar-refractivity contribution in [3.05, 3.63) is 48.0 Å². The van der Waals surface area contributed by atoms with E-state index in [1.165, 1.54) is 14.2 Å². The molecule has 0 aromatic heterocycles. The largest absolute Gasteiger partial charge is 0.496 e. The third-order valence-electron chi connectivity index (χ3n) is 3.12. The monoisotopic (exact) mass is 315 g/mol. The molecular weight excluding hydrogens is 294 g/mol. The van der Waals surface area contributed by atoms with Crippen LogP contribution in [0.1, 0.15) is 24.2 Å². The molecule has 0 atom stereocenters. The highest BCUT2D eigenvalue weighted by molar-refractivity contribution is 6.08. The van der Waals surface area contributed by atoms with Crippen molar-refractivity contribution in [2.24, 2.45) is 0 Å². The number of anilines is 1. The summed E-state index contributed by atoms with van der Waals surface area (Å²) < 4.78 is 16.1. The van der Waals surface area contributed by atoms with Crippen molar-refractivity contribution < 1.29 is 19.0 Å². The molecule has 0 heterocycles. The van der Waals surface area contributed by atoms with Crippen molar-refractivity contribution in [3.63, 3.8) is 0 Å². The van der Waals surface area contributed by atoms with Crippen LogP contribution in [-0.2, 0) is 0 Å². The molecule has 0 aliphatic rings. The van der Waals surface area contributed by atoms with Gasteiger partial charge in [-0.2, -0.15) is 0 Å². The predicted molar refractivity (Wildman–Crippen MR) is 89.7 cm³/mol. The van der Waals surface area contributed by atoms with E-state index in [0.29, 0.717) is 28.5 Å². The number of hydrogen-bond acceptors (Lipinski definition) is 4. The fourth-order valence-electron chi connectivity index (χ4n) is 2.19. The van der Waals surface area contributed by atoms with E-state index in [2.05, 4.69) is 5.32 Å². The Kier molecular flexibility index (Phi) is 5.46. The lowest BCUT2D eigenvalue weighted by atomic mass is 10.1. The molecule has 1 amide bonds. The van der Waals surface area contributed by atoms with Crippen LogP contribution >= 0.6 is 0 Å². The zero-order valence-corrected chi connectivity index (χ0v) is 13.8. The van der Waals surface area contributed by atoms with Crippen molar-refractivity contribution >= 4 is 11.6 Å². The van der Waals surface area contributed by atoms with Crippen molar-refractivity contribution in [1.82, 2.24) is 0 Å². The first kappa shape index (κ1) is 16.7. The van der Waals surface area contributed by atoms with Gasteiger partial charge in [-0.1, -0.05) is 12.1 Å². The van der Waals surface area contributed by atoms with Crippen LogP contribution in [0.4, 0.5) is 5.69 Å². The smallest absolute Gasteiger partial charge is 0.263 e. The van der Waals surface area contributed by atoms with Gasteiger partial charge in [0.2, 0.25) is 0 Å². The Balaban J connectivity index is 2.26. The molecule has 2 aromatic carbocycles. The number of rotatable bonds is 6. The maximum atomic E-state index is 12.6. The molecule has 0 unspecified atom stereocenters. The first-order chi connectivity index (χ1) is 11.0. The van der Waals surface area contributed by atoms with E-state index in [4.69, 9.17) is 14.2 Å². The maximum Gasteiger partial charge on any atom is 0.263 e. The summed E-state index contributed by atoms with van der Waals surface area (Å²) in [5, 5.41) is 2.84. The summed E-state index contributed by atoms with van der Waals surface area (Å²) in [7, 11) is 3.03. The van der Waals surface area contributed by atoms with Crippen LogP contribution in [0.5, 0.6) is 17.2 Å². The van der Waals surface area contributed by atoms with Crippen LogP contribution < -0.4 is 19.5 Å². The Morgan fingerprint density at radius 1 is 1.00 bits per heavy atom. The summed E-state index contributed by atoms with van der Waals surface area (Å²) in [4.78, 5) is 12.6. The molecule has 0 aliphatic heterocycles. The zero-order chi connectivity index (χ0) is 16.8. The molecule has 1 N–H and O–H groups in total. The van der Waals surface area contributed by atoms with Gasteiger partial charge in [0.1, 0.15) is 22.8 Å². The van der Waals surface area contributed by atoms with Crippen LogP contribution in [-0.4, -0.2) is 26.2 Å². The van der Waals surface area contributed by atoms with E-state index >= 15 is 0 Å². The minimum Gasteiger partial charge on any atom is -0.496 e. The number of carbonyl (C=O) groups is 1. The second-order valence-electron chi connectivity index (χ2n) is 5.19. The molecule has 0 bridgehead atoms. The SMILES string of the molecule is COc1cccc(OC)c1C(=O)Nc1cccc(OC(C)C)c1. The van der Waals surface area contributed by atoms with Gasteiger partial charge in [0.25, 0.3) is 5.91 Å². The number of methoxy groups -OCH3 is 2. The van der Waals surface area contributed by atoms with E-state index in [-0.39, 0.29) is 12.0 Å². The van der Waals surface area contributed by atoms with E-state index < -0.39 is 0 Å². The second kappa shape index (κ2) is 7.54. The quantitative estimate of drug-likeness (QED) is 0.882.